The molecular weight excluding hydrogens is 344 g/mol. The second kappa shape index (κ2) is 9.69. The first-order valence-corrected chi connectivity index (χ1v) is 9.86. The van der Waals surface area contributed by atoms with Crippen LogP contribution in [0.2, 0.25) is 0 Å². The zero-order valence-electron chi connectivity index (χ0n) is 16.7. The lowest BCUT2D eigenvalue weighted by atomic mass is 10.2. The number of guanidine groups is 1. The van der Waals surface area contributed by atoms with Gasteiger partial charge in [0.25, 0.3) is 0 Å². The summed E-state index contributed by atoms with van der Waals surface area (Å²) in [7, 11) is 3.36. The van der Waals surface area contributed by atoms with Gasteiger partial charge in [-0.1, -0.05) is 0 Å². The Kier molecular flexibility index (Phi) is 7.04. The summed E-state index contributed by atoms with van der Waals surface area (Å²) in [5.74, 6) is 2.50. The predicted molar refractivity (Wildman–Crippen MR) is 108 cm³/mol. The van der Waals surface area contributed by atoms with Crippen molar-refractivity contribution in [3.05, 3.63) is 18.2 Å². The quantitative estimate of drug-likeness (QED) is 0.561. The summed E-state index contributed by atoms with van der Waals surface area (Å²) in [5.41, 5.74) is 1.12. The molecule has 0 aromatic heterocycles. The fraction of sp³-hybridized carbons (Fsp3) is 0.650. The van der Waals surface area contributed by atoms with Gasteiger partial charge in [-0.3, -0.25) is 4.99 Å². The number of benzene rings is 1. The Labute approximate surface area is 162 Å². The van der Waals surface area contributed by atoms with Crippen molar-refractivity contribution in [2.45, 2.75) is 38.3 Å². The maximum Gasteiger partial charge on any atom is 0.191 e. The van der Waals surface area contributed by atoms with E-state index in [0.29, 0.717) is 6.04 Å². The Balaban J connectivity index is 1.59. The van der Waals surface area contributed by atoms with E-state index in [4.69, 9.17) is 19.2 Å². The SMILES string of the molecule is CCNC(=NCC1CCCO1)NC1CCN(c2cc(OC)cc(OC)c2)C1. The van der Waals surface area contributed by atoms with Crippen LogP contribution in [0, 0.1) is 0 Å². The summed E-state index contributed by atoms with van der Waals surface area (Å²) in [4.78, 5) is 7.08. The van der Waals surface area contributed by atoms with Crippen molar-refractivity contribution in [3.63, 3.8) is 0 Å². The lowest BCUT2D eigenvalue weighted by molar-refractivity contribution is 0.117. The summed E-state index contributed by atoms with van der Waals surface area (Å²) in [6.07, 6.45) is 3.58. The molecule has 3 rings (SSSR count). The number of anilines is 1. The molecule has 1 aromatic rings. The topological polar surface area (TPSA) is 67.4 Å². The average molecular weight is 377 g/mol. The Bertz CT molecular complexity index is 609. The van der Waals surface area contributed by atoms with E-state index in [9.17, 15) is 0 Å². The highest BCUT2D eigenvalue weighted by atomic mass is 16.5. The molecule has 2 unspecified atom stereocenters. The molecule has 2 saturated heterocycles. The fourth-order valence-electron chi connectivity index (χ4n) is 3.58. The summed E-state index contributed by atoms with van der Waals surface area (Å²) in [6, 6.07) is 6.36. The van der Waals surface area contributed by atoms with Crippen molar-refractivity contribution in [3.8, 4) is 11.5 Å². The van der Waals surface area contributed by atoms with E-state index in [1.54, 1.807) is 14.2 Å². The van der Waals surface area contributed by atoms with Gasteiger partial charge in [-0.25, -0.2) is 0 Å². The van der Waals surface area contributed by atoms with Gasteiger partial charge >= 0.3 is 0 Å². The Morgan fingerprint density at radius 3 is 2.63 bits per heavy atom. The van der Waals surface area contributed by atoms with Crippen LogP contribution in [-0.2, 0) is 4.74 Å². The fourth-order valence-corrected chi connectivity index (χ4v) is 3.58. The molecule has 7 nitrogen and oxygen atoms in total. The monoisotopic (exact) mass is 376 g/mol. The standard InChI is InChI=1S/C20H32N4O3/c1-4-21-20(22-13-17-6-5-9-27-17)23-15-7-8-24(14-15)16-10-18(25-2)12-19(11-16)26-3/h10-12,15,17H,4-9,13-14H2,1-3H3,(H2,21,22,23). The van der Waals surface area contributed by atoms with Crippen LogP contribution < -0.4 is 25.0 Å². The average Bonchev–Trinajstić information content (AvgIpc) is 3.38. The highest BCUT2D eigenvalue weighted by Gasteiger charge is 2.24. The van der Waals surface area contributed by atoms with Gasteiger partial charge in [0.05, 0.1) is 26.9 Å². The number of rotatable bonds is 7. The Morgan fingerprint density at radius 2 is 2.00 bits per heavy atom. The van der Waals surface area contributed by atoms with Crippen molar-refractivity contribution < 1.29 is 14.2 Å². The third-order valence-corrected chi connectivity index (χ3v) is 5.05. The second-order valence-electron chi connectivity index (χ2n) is 7.00. The van der Waals surface area contributed by atoms with Gasteiger partial charge in [0, 0.05) is 56.2 Å². The van der Waals surface area contributed by atoms with Crippen LogP contribution in [0.1, 0.15) is 26.2 Å². The first kappa shape index (κ1) is 19.6. The molecule has 2 aliphatic rings. The summed E-state index contributed by atoms with van der Waals surface area (Å²) < 4.78 is 16.5. The van der Waals surface area contributed by atoms with Crippen molar-refractivity contribution in [1.29, 1.82) is 0 Å². The molecular formula is C20H32N4O3. The van der Waals surface area contributed by atoms with Gasteiger partial charge in [0.2, 0.25) is 0 Å². The Morgan fingerprint density at radius 1 is 1.22 bits per heavy atom. The largest absolute Gasteiger partial charge is 0.497 e. The smallest absolute Gasteiger partial charge is 0.191 e. The molecule has 2 fully saturated rings. The van der Waals surface area contributed by atoms with Gasteiger partial charge in [-0.15, -0.1) is 0 Å². The van der Waals surface area contributed by atoms with Crippen molar-refractivity contribution >= 4 is 11.6 Å². The number of hydrogen-bond donors (Lipinski definition) is 2. The van der Waals surface area contributed by atoms with E-state index < -0.39 is 0 Å². The number of hydrogen-bond acceptors (Lipinski definition) is 5. The molecule has 27 heavy (non-hydrogen) atoms. The van der Waals surface area contributed by atoms with E-state index in [1.165, 1.54) is 0 Å². The second-order valence-corrected chi connectivity index (χ2v) is 7.00. The van der Waals surface area contributed by atoms with E-state index in [0.717, 1.165) is 75.2 Å². The number of aliphatic imine (C=N–C) groups is 1. The number of nitrogens with one attached hydrogen (secondary N) is 2. The number of ether oxygens (including phenoxy) is 3. The zero-order valence-corrected chi connectivity index (χ0v) is 16.7. The first-order valence-electron chi connectivity index (χ1n) is 9.86. The molecule has 2 atom stereocenters. The summed E-state index contributed by atoms with van der Waals surface area (Å²) in [6.45, 7) is 6.43. The minimum absolute atomic E-state index is 0.268. The molecule has 7 heteroatoms. The molecule has 0 bridgehead atoms. The molecule has 150 valence electrons. The van der Waals surface area contributed by atoms with Crippen LogP contribution in [-0.4, -0.2) is 65.1 Å². The Hall–Kier alpha value is -2.15. The third-order valence-electron chi connectivity index (χ3n) is 5.05. The molecule has 2 N–H and O–H groups in total. The summed E-state index contributed by atoms with van der Waals surface area (Å²) in [5, 5.41) is 6.93. The van der Waals surface area contributed by atoms with Crippen LogP contribution in [0.25, 0.3) is 0 Å². The minimum Gasteiger partial charge on any atom is -0.497 e. The van der Waals surface area contributed by atoms with Gasteiger partial charge in [-0.05, 0) is 26.2 Å². The first-order chi connectivity index (χ1) is 13.2. The van der Waals surface area contributed by atoms with Crippen molar-refractivity contribution in [2.24, 2.45) is 4.99 Å². The molecule has 2 heterocycles. The molecule has 0 aliphatic carbocycles. The molecule has 0 radical (unpaired) electrons. The van der Waals surface area contributed by atoms with Crippen LogP contribution in [0.5, 0.6) is 11.5 Å². The molecule has 0 amide bonds. The van der Waals surface area contributed by atoms with Gasteiger partial charge in [0.1, 0.15) is 11.5 Å². The van der Waals surface area contributed by atoms with E-state index in [1.807, 2.05) is 6.07 Å². The number of methoxy groups -OCH3 is 2. The molecule has 2 aliphatic heterocycles. The number of nitrogens with zero attached hydrogens (tertiary/aromatic N) is 2. The van der Waals surface area contributed by atoms with Gasteiger partial charge in [0.15, 0.2) is 5.96 Å². The molecule has 1 aromatic carbocycles. The van der Waals surface area contributed by atoms with E-state index in [2.05, 4.69) is 34.6 Å². The maximum atomic E-state index is 5.68. The normalized spacial score (nSPS) is 22.8. The van der Waals surface area contributed by atoms with Crippen molar-refractivity contribution in [1.82, 2.24) is 10.6 Å². The van der Waals surface area contributed by atoms with E-state index in [-0.39, 0.29) is 6.10 Å². The highest BCUT2D eigenvalue weighted by molar-refractivity contribution is 5.80. The lowest BCUT2D eigenvalue weighted by Gasteiger charge is -2.21. The van der Waals surface area contributed by atoms with Crippen LogP contribution in [0.4, 0.5) is 5.69 Å². The van der Waals surface area contributed by atoms with Crippen LogP contribution in [0.3, 0.4) is 0 Å². The van der Waals surface area contributed by atoms with Crippen LogP contribution >= 0.6 is 0 Å². The van der Waals surface area contributed by atoms with Gasteiger partial charge < -0.3 is 29.7 Å². The van der Waals surface area contributed by atoms with Crippen LogP contribution in [0.15, 0.2) is 23.2 Å². The minimum atomic E-state index is 0.268. The molecule has 0 spiro atoms. The van der Waals surface area contributed by atoms with E-state index >= 15 is 0 Å². The predicted octanol–water partition coefficient (Wildman–Crippen LogP) is 2.02. The summed E-state index contributed by atoms with van der Waals surface area (Å²) >= 11 is 0. The maximum absolute atomic E-state index is 5.68. The van der Waals surface area contributed by atoms with Gasteiger partial charge in [-0.2, -0.15) is 0 Å². The zero-order chi connectivity index (χ0) is 19.1. The van der Waals surface area contributed by atoms with Crippen molar-refractivity contribution in [2.75, 3.05) is 51.9 Å². The lowest BCUT2D eigenvalue weighted by Crippen LogP contribution is -2.45. The third kappa shape index (κ3) is 5.42. The highest BCUT2D eigenvalue weighted by Crippen LogP contribution is 2.30. The molecule has 0 saturated carbocycles.